The number of hydrogen-bond donors (Lipinski definition) is 1. The predicted molar refractivity (Wildman–Crippen MR) is 121 cm³/mol. The van der Waals surface area contributed by atoms with Crippen LogP contribution in [0.4, 0.5) is 0 Å². The summed E-state index contributed by atoms with van der Waals surface area (Å²) >= 11 is 0. The first-order chi connectivity index (χ1) is 14.2. The molecule has 2 fully saturated rings. The van der Waals surface area contributed by atoms with Crippen LogP contribution in [0.15, 0.2) is 30.3 Å². The molecule has 1 aromatic rings. The molecule has 2 aliphatic rings. The Morgan fingerprint density at radius 3 is 2.00 bits per heavy atom. The lowest BCUT2D eigenvalue weighted by Gasteiger charge is -2.52. The monoisotopic (exact) mass is 401 g/mol. The number of benzene rings is 1. The summed E-state index contributed by atoms with van der Waals surface area (Å²) in [5.41, 5.74) is 0.886. The Hall–Kier alpha value is -0.900. The van der Waals surface area contributed by atoms with Gasteiger partial charge in [0.15, 0.2) is 0 Å². The third-order valence-electron chi connectivity index (χ3n) is 6.99. The van der Waals surface area contributed by atoms with Gasteiger partial charge in [-0.2, -0.15) is 0 Å². The number of morpholine rings is 1. The zero-order valence-corrected chi connectivity index (χ0v) is 18.7. The number of nitrogens with zero attached hydrogens (tertiary/aromatic N) is 1. The number of piperidine rings is 1. The van der Waals surface area contributed by atoms with Crippen molar-refractivity contribution < 1.29 is 9.84 Å². The molecule has 0 amide bonds. The highest BCUT2D eigenvalue weighted by molar-refractivity contribution is 5.15. The Morgan fingerprint density at radius 2 is 1.41 bits per heavy atom. The molecule has 0 aliphatic carbocycles. The highest BCUT2D eigenvalue weighted by Gasteiger charge is 2.45. The first kappa shape index (κ1) is 22.8. The summed E-state index contributed by atoms with van der Waals surface area (Å²) < 4.78 is 5.85. The maximum atomic E-state index is 11.3. The molecule has 0 aromatic heterocycles. The molecule has 3 rings (SSSR count). The lowest BCUT2D eigenvalue weighted by Crippen LogP contribution is -2.61. The highest BCUT2D eigenvalue weighted by atomic mass is 16.5. The zero-order chi connectivity index (χ0) is 20.4. The van der Waals surface area contributed by atoms with Crippen LogP contribution in [0.25, 0.3) is 0 Å². The largest absolute Gasteiger partial charge is 0.390 e. The normalized spacial score (nSPS) is 27.2. The summed E-state index contributed by atoms with van der Waals surface area (Å²) in [6, 6.07) is 11.4. The van der Waals surface area contributed by atoms with Gasteiger partial charge in [-0.05, 0) is 24.8 Å². The first-order valence-corrected chi connectivity index (χ1v) is 12.3. The lowest BCUT2D eigenvalue weighted by atomic mass is 9.78. The number of ether oxygens (including phenoxy) is 1. The van der Waals surface area contributed by atoms with Gasteiger partial charge in [0.1, 0.15) is 0 Å². The molecule has 3 heteroatoms. The maximum Gasteiger partial charge on any atom is 0.0679 e. The van der Waals surface area contributed by atoms with Crippen molar-refractivity contribution in [2.24, 2.45) is 0 Å². The van der Waals surface area contributed by atoms with Crippen molar-refractivity contribution in [1.82, 2.24) is 4.90 Å². The van der Waals surface area contributed by atoms with E-state index in [0.29, 0.717) is 12.1 Å². The molecule has 2 bridgehead atoms. The summed E-state index contributed by atoms with van der Waals surface area (Å²) in [4.78, 5) is 2.59. The van der Waals surface area contributed by atoms with E-state index < -0.39 is 5.60 Å². The van der Waals surface area contributed by atoms with Gasteiger partial charge in [-0.15, -0.1) is 0 Å². The van der Waals surface area contributed by atoms with Gasteiger partial charge in [0.05, 0.1) is 18.8 Å². The van der Waals surface area contributed by atoms with Crippen molar-refractivity contribution in [3.8, 4) is 0 Å². The Bertz CT molecular complexity index is 547. The van der Waals surface area contributed by atoms with E-state index in [9.17, 15) is 5.11 Å². The molecule has 0 saturated carbocycles. The molecule has 0 spiro atoms. The second kappa shape index (κ2) is 12.1. The van der Waals surface area contributed by atoms with Crippen LogP contribution in [0, 0.1) is 0 Å². The minimum absolute atomic E-state index is 0.357. The SMILES string of the molecule is CCCCCCCCCCCCC1(O)CC2COCC(C1)N2Cc1ccccc1. The fraction of sp³-hybridized carbons (Fsp3) is 0.769. The van der Waals surface area contributed by atoms with E-state index >= 15 is 0 Å². The molecule has 2 aliphatic heterocycles. The van der Waals surface area contributed by atoms with Gasteiger partial charge >= 0.3 is 0 Å². The van der Waals surface area contributed by atoms with Crippen molar-refractivity contribution in [2.45, 2.75) is 115 Å². The van der Waals surface area contributed by atoms with Gasteiger partial charge in [-0.3, -0.25) is 4.90 Å². The molecule has 164 valence electrons. The van der Waals surface area contributed by atoms with E-state index in [1.807, 2.05) is 0 Å². The van der Waals surface area contributed by atoms with Crippen LogP contribution in [0.1, 0.15) is 96.0 Å². The van der Waals surface area contributed by atoms with Gasteiger partial charge in [0.2, 0.25) is 0 Å². The fourth-order valence-corrected chi connectivity index (χ4v) is 5.34. The van der Waals surface area contributed by atoms with Crippen LogP contribution in [-0.4, -0.2) is 40.9 Å². The van der Waals surface area contributed by atoms with Crippen LogP contribution in [0.5, 0.6) is 0 Å². The summed E-state index contributed by atoms with van der Waals surface area (Å²) in [7, 11) is 0. The second-order valence-corrected chi connectivity index (χ2v) is 9.57. The second-order valence-electron chi connectivity index (χ2n) is 9.57. The third kappa shape index (κ3) is 7.38. The molecule has 2 saturated heterocycles. The van der Waals surface area contributed by atoms with Crippen molar-refractivity contribution >= 4 is 0 Å². The molecule has 3 nitrogen and oxygen atoms in total. The molecule has 2 heterocycles. The van der Waals surface area contributed by atoms with E-state index in [1.165, 1.54) is 69.8 Å². The first-order valence-electron chi connectivity index (χ1n) is 12.3. The molecular formula is C26H43NO2. The minimum atomic E-state index is -0.480. The quantitative estimate of drug-likeness (QED) is 0.406. The predicted octanol–water partition coefficient (Wildman–Crippen LogP) is 6.09. The summed E-state index contributed by atoms with van der Waals surface area (Å²) in [6.45, 7) is 4.79. The van der Waals surface area contributed by atoms with Crippen LogP contribution in [0.3, 0.4) is 0 Å². The molecule has 1 aromatic carbocycles. The number of fused-ring (bicyclic) bond motifs is 2. The average molecular weight is 402 g/mol. The van der Waals surface area contributed by atoms with Gasteiger partial charge in [0.25, 0.3) is 0 Å². The Kier molecular flexibility index (Phi) is 9.48. The topological polar surface area (TPSA) is 32.7 Å². The third-order valence-corrected chi connectivity index (χ3v) is 6.99. The molecule has 0 radical (unpaired) electrons. The number of aliphatic hydroxyl groups is 1. The van der Waals surface area contributed by atoms with Gasteiger partial charge < -0.3 is 9.84 Å². The standard InChI is InChI=1S/C26H43NO2/c1-2-3-4-5-6-7-8-9-10-14-17-26(28)18-24-21-29-22-25(19-26)27(24)20-23-15-12-11-13-16-23/h11-13,15-16,24-25,28H,2-10,14,17-22H2,1H3. The molecule has 2 unspecified atom stereocenters. The number of unbranched alkanes of at least 4 members (excludes halogenated alkanes) is 9. The average Bonchev–Trinajstić information content (AvgIpc) is 2.71. The highest BCUT2D eigenvalue weighted by Crippen LogP contribution is 2.38. The smallest absolute Gasteiger partial charge is 0.0679 e. The molecule has 1 N–H and O–H groups in total. The van der Waals surface area contributed by atoms with Crippen molar-refractivity contribution in [2.75, 3.05) is 13.2 Å². The Balaban J connectivity index is 1.35. The van der Waals surface area contributed by atoms with Crippen LogP contribution >= 0.6 is 0 Å². The zero-order valence-electron chi connectivity index (χ0n) is 18.7. The minimum Gasteiger partial charge on any atom is -0.390 e. The molecule has 2 atom stereocenters. The molecule has 29 heavy (non-hydrogen) atoms. The van der Waals surface area contributed by atoms with E-state index in [1.54, 1.807) is 0 Å². The van der Waals surface area contributed by atoms with Crippen molar-refractivity contribution in [3.05, 3.63) is 35.9 Å². The number of hydrogen-bond acceptors (Lipinski definition) is 3. The van der Waals surface area contributed by atoms with Crippen LogP contribution in [0.2, 0.25) is 0 Å². The van der Waals surface area contributed by atoms with E-state index in [4.69, 9.17) is 4.74 Å². The van der Waals surface area contributed by atoms with E-state index in [-0.39, 0.29) is 0 Å². The van der Waals surface area contributed by atoms with Crippen LogP contribution in [-0.2, 0) is 11.3 Å². The summed E-state index contributed by atoms with van der Waals surface area (Å²) in [5.74, 6) is 0. The lowest BCUT2D eigenvalue weighted by molar-refractivity contribution is -0.148. The van der Waals surface area contributed by atoms with Crippen molar-refractivity contribution in [3.63, 3.8) is 0 Å². The number of rotatable bonds is 13. The van der Waals surface area contributed by atoms with E-state index in [0.717, 1.165) is 39.0 Å². The summed E-state index contributed by atoms with van der Waals surface area (Å²) in [5, 5.41) is 11.3. The Labute approximate surface area is 178 Å². The van der Waals surface area contributed by atoms with E-state index in [2.05, 4.69) is 42.2 Å². The summed E-state index contributed by atoms with van der Waals surface area (Å²) in [6.07, 6.45) is 16.2. The van der Waals surface area contributed by atoms with Crippen molar-refractivity contribution in [1.29, 1.82) is 0 Å². The van der Waals surface area contributed by atoms with Crippen LogP contribution < -0.4 is 0 Å². The maximum absolute atomic E-state index is 11.3. The van der Waals surface area contributed by atoms with Gasteiger partial charge in [-0.25, -0.2) is 0 Å². The van der Waals surface area contributed by atoms with Gasteiger partial charge in [0, 0.05) is 18.6 Å². The molecular weight excluding hydrogens is 358 g/mol. The Morgan fingerprint density at radius 1 is 0.862 bits per heavy atom. The van der Waals surface area contributed by atoms with Gasteiger partial charge in [-0.1, -0.05) is 101 Å². The fourth-order valence-electron chi connectivity index (χ4n) is 5.34.